The number of imidazole rings is 2. The molecule has 5 N–H and O–H groups in total. The average Bonchev–Trinajstić information content (AvgIpc) is 4.06. The third-order valence-corrected chi connectivity index (χ3v) is 12.3. The number of nitrogens with zero attached hydrogens (tertiary/aromatic N) is 4. The van der Waals surface area contributed by atoms with Crippen LogP contribution in [-0.4, -0.2) is 103 Å². The van der Waals surface area contributed by atoms with Crippen molar-refractivity contribution in [3.05, 3.63) is 65.9 Å². The molecule has 8 rings (SSSR count). The van der Waals surface area contributed by atoms with Gasteiger partial charge in [-0.05, 0) is 98.7 Å². The lowest BCUT2D eigenvalue weighted by atomic mass is 9.92. The van der Waals surface area contributed by atoms with Gasteiger partial charge in [-0.15, -0.1) is 0 Å². The number of methoxy groups -OCH3 is 2. The van der Waals surface area contributed by atoms with Gasteiger partial charge < -0.3 is 49.7 Å². The summed E-state index contributed by atoms with van der Waals surface area (Å²) < 4.78 is 15.9. The van der Waals surface area contributed by atoms with Crippen LogP contribution < -0.4 is 15.4 Å². The third kappa shape index (κ3) is 7.26. The van der Waals surface area contributed by atoms with Crippen LogP contribution in [0.3, 0.4) is 0 Å². The number of ether oxygens (including phenoxy) is 3. The van der Waals surface area contributed by atoms with Gasteiger partial charge >= 0.3 is 12.2 Å². The molecule has 2 saturated heterocycles. The normalized spacial score (nSPS) is 21.3. The molecule has 60 heavy (non-hydrogen) atoms. The Labute approximate surface area is 347 Å². The summed E-state index contributed by atoms with van der Waals surface area (Å²) in [6.07, 6.45) is 2.20. The number of amides is 4. The van der Waals surface area contributed by atoms with Crippen LogP contribution in [-0.2, 0) is 25.7 Å². The molecule has 7 atom stereocenters. The van der Waals surface area contributed by atoms with Gasteiger partial charge in [0.2, 0.25) is 11.8 Å². The molecular formula is C44H52N8O8. The molecule has 0 aliphatic carbocycles. The van der Waals surface area contributed by atoms with E-state index in [1.807, 2.05) is 50.8 Å². The Bertz CT molecular complexity index is 2480. The van der Waals surface area contributed by atoms with Crippen molar-refractivity contribution in [3.8, 4) is 28.1 Å². The topological polar surface area (TPSA) is 204 Å². The van der Waals surface area contributed by atoms with Gasteiger partial charge in [-0.2, -0.15) is 0 Å². The molecule has 16 nitrogen and oxygen atoms in total. The number of nitrogens with one attached hydrogen (secondary N) is 4. The van der Waals surface area contributed by atoms with E-state index in [-0.39, 0.29) is 36.0 Å². The van der Waals surface area contributed by atoms with Crippen molar-refractivity contribution < 1.29 is 38.5 Å². The molecule has 0 spiro atoms. The number of aliphatic hydroxyl groups is 1. The van der Waals surface area contributed by atoms with Crippen LogP contribution in [0.2, 0.25) is 0 Å². The van der Waals surface area contributed by atoms with Crippen LogP contribution in [0.1, 0.15) is 89.6 Å². The molecule has 3 aromatic carbocycles. The largest absolute Gasteiger partial charge is 0.488 e. The lowest BCUT2D eigenvalue weighted by Crippen LogP contribution is -2.54. The summed E-state index contributed by atoms with van der Waals surface area (Å²) in [4.78, 5) is 72.1. The van der Waals surface area contributed by atoms with Gasteiger partial charge in [0.25, 0.3) is 0 Å². The van der Waals surface area contributed by atoms with Crippen molar-refractivity contribution in [1.82, 2.24) is 40.4 Å². The standard InChI is InChI=1S/C44H52N8O8/c1-21(2)36(49-43(56)58-6)41(54)51-22(3)8-14-33(51)39-45-19-32(47-39)26-10-12-28-27(16-26)20-60-35-18-29-25(17-30(28)35)11-13-31-38(29)48-40(46-31)34-15-9-23(4)52(34)42(55)37(24(5)53)50-44(57)59-7/h10-13,16-19,21-24,33-34,36-37,53H,8-9,14-15,20H2,1-7H3,(H,45,47)(H,46,48)(H,49,56)(H,50,57)/t22-,23-,24-,33-,34-,36?,37-/m0/s1. The van der Waals surface area contributed by atoms with Crippen molar-refractivity contribution in [2.75, 3.05) is 14.2 Å². The SMILES string of the molecule is COC(=O)NC(C(=O)N1[C@@H](C)CC[C@H]1c1ncc(-c2ccc3c(c2)COc2cc4c(ccc5[nH]c([C@@H]6CC[C@H](C)N6C(=O)[C@@H](NC(=O)OC)[C@H](C)O)nc54)cc2-3)[nH]1)C(C)C. The average molecular weight is 821 g/mol. The zero-order valence-electron chi connectivity index (χ0n) is 34.9. The Hall–Kier alpha value is -6.16. The molecule has 16 heteroatoms. The summed E-state index contributed by atoms with van der Waals surface area (Å²) in [5, 5.41) is 17.5. The highest BCUT2D eigenvalue weighted by atomic mass is 16.5. The Balaban J connectivity index is 1.05. The van der Waals surface area contributed by atoms with E-state index in [1.54, 1.807) is 11.1 Å². The second-order valence-corrected chi connectivity index (χ2v) is 16.6. The monoisotopic (exact) mass is 820 g/mol. The number of carbonyl (C=O) groups excluding carboxylic acids is 4. The molecule has 0 saturated carbocycles. The molecule has 316 valence electrons. The number of benzene rings is 3. The van der Waals surface area contributed by atoms with Crippen LogP contribution in [0.15, 0.2) is 48.7 Å². The van der Waals surface area contributed by atoms with Gasteiger partial charge in [-0.3, -0.25) is 9.59 Å². The fourth-order valence-corrected chi connectivity index (χ4v) is 9.13. The fraction of sp³-hybridized carbons (Fsp3) is 0.455. The summed E-state index contributed by atoms with van der Waals surface area (Å²) in [7, 11) is 2.50. The highest BCUT2D eigenvalue weighted by Gasteiger charge is 2.43. The van der Waals surface area contributed by atoms with Gasteiger partial charge in [0, 0.05) is 23.0 Å². The van der Waals surface area contributed by atoms with Crippen LogP contribution in [0.5, 0.6) is 5.75 Å². The molecule has 5 aromatic rings. The predicted molar refractivity (Wildman–Crippen MR) is 223 cm³/mol. The quantitative estimate of drug-likeness (QED) is 0.113. The van der Waals surface area contributed by atoms with E-state index in [4.69, 9.17) is 24.2 Å². The molecule has 3 aliphatic heterocycles. The summed E-state index contributed by atoms with van der Waals surface area (Å²) in [6.45, 7) is 9.60. The number of rotatable bonds is 9. The minimum atomic E-state index is -1.17. The summed E-state index contributed by atoms with van der Waals surface area (Å²) in [5.74, 6) is 1.38. The number of hydrogen-bond donors (Lipinski definition) is 5. The van der Waals surface area contributed by atoms with Gasteiger partial charge in [-0.1, -0.05) is 32.0 Å². The van der Waals surface area contributed by atoms with Crippen molar-refractivity contribution in [2.24, 2.45) is 5.92 Å². The Morgan fingerprint density at radius 3 is 2.12 bits per heavy atom. The second kappa shape index (κ2) is 16.1. The molecule has 3 aliphatic rings. The minimum Gasteiger partial charge on any atom is -0.488 e. The van der Waals surface area contributed by atoms with Gasteiger partial charge in [-0.25, -0.2) is 19.6 Å². The zero-order valence-corrected chi connectivity index (χ0v) is 34.9. The van der Waals surface area contributed by atoms with Crippen molar-refractivity contribution in [1.29, 1.82) is 0 Å². The van der Waals surface area contributed by atoms with E-state index in [9.17, 15) is 24.3 Å². The molecule has 0 radical (unpaired) electrons. The van der Waals surface area contributed by atoms with Crippen molar-refractivity contribution >= 4 is 45.8 Å². The van der Waals surface area contributed by atoms with E-state index in [0.29, 0.717) is 24.7 Å². The maximum absolute atomic E-state index is 13.9. The Morgan fingerprint density at radius 1 is 0.817 bits per heavy atom. The number of H-pyrrole nitrogens is 2. The van der Waals surface area contributed by atoms with E-state index >= 15 is 0 Å². The molecule has 2 fully saturated rings. The van der Waals surface area contributed by atoms with Gasteiger partial charge in [0.15, 0.2) is 0 Å². The first-order valence-electron chi connectivity index (χ1n) is 20.6. The first kappa shape index (κ1) is 40.6. The van der Waals surface area contributed by atoms with Crippen LogP contribution >= 0.6 is 0 Å². The number of alkyl carbamates (subject to hydrolysis) is 2. The highest BCUT2D eigenvalue weighted by molar-refractivity contribution is 6.07. The molecule has 0 bridgehead atoms. The Kier molecular flexibility index (Phi) is 10.9. The maximum Gasteiger partial charge on any atom is 0.407 e. The molecule has 5 heterocycles. The maximum atomic E-state index is 13.9. The van der Waals surface area contributed by atoms with Crippen LogP contribution in [0.25, 0.3) is 44.2 Å². The molecule has 4 amide bonds. The fourth-order valence-electron chi connectivity index (χ4n) is 9.13. The number of fused-ring (bicyclic) bond motifs is 6. The number of likely N-dealkylation sites (tertiary alicyclic amines) is 2. The number of aromatic amines is 2. The smallest absolute Gasteiger partial charge is 0.407 e. The van der Waals surface area contributed by atoms with E-state index < -0.39 is 36.3 Å². The van der Waals surface area contributed by atoms with Crippen molar-refractivity contribution in [2.45, 2.75) is 109 Å². The number of aromatic nitrogens is 4. The molecular weight excluding hydrogens is 769 g/mol. The lowest BCUT2D eigenvalue weighted by Gasteiger charge is -2.32. The van der Waals surface area contributed by atoms with Crippen molar-refractivity contribution in [3.63, 3.8) is 0 Å². The number of aliphatic hydroxyl groups excluding tert-OH is 1. The number of carbonyl (C=O) groups is 4. The summed E-state index contributed by atoms with van der Waals surface area (Å²) in [6, 6.07) is 11.8. The first-order valence-corrected chi connectivity index (χ1v) is 20.6. The van der Waals surface area contributed by atoms with E-state index in [0.717, 1.165) is 74.8 Å². The lowest BCUT2D eigenvalue weighted by molar-refractivity contribution is -0.139. The van der Waals surface area contributed by atoms with Gasteiger partial charge in [0.1, 0.15) is 36.1 Å². The highest BCUT2D eigenvalue weighted by Crippen LogP contribution is 2.44. The molecule has 1 unspecified atom stereocenters. The van der Waals surface area contributed by atoms with Crippen LogP contribution in [0.4, 0.5) is 9.59 Å². The van der Waals surface area contributed by atoms with E-state index in [1.165, 1.54) is 21.1 Å². The number of hydrogen-bond acceptors (Lipinski definition) is 10. The second-order valence-electron chi connectivity index (χ2n) is 16.6. The summed E-state index contributed by atoms with van der Waals surface area (Å²) >= 11 is 0. The van der Waals surface area contributed by atoms with Crippen LogP contribution in [0, 0.1) is 5.92 Å². The minimum absolute atomic E-state index is 0.0233. The van der Waals surface area contributed by atoms with Gasteiger partial charge in [0.05, 0.1) is 55.3 Å². The van der Waals surface area contributed by atoms with E-state index in [2.05, 4.69) is 44.9 Å². The predicted octanol–water partition coefficient (Wildman–Crippen LogP) is 6.26. The molecule has 2 aromatic heterocycles. The zero-order chi connectivity index (χ0) is 42.6. The third-order valence-electron chi connectivity index (χ3n) is 12.3. The first-order chi connectivity index (χ1) is 28.8. The Morgan fingerprint density at radius 2 is 1.47 bits per heavy atom. The summed E-state index contributed by atoms with van der Waals surface area (Å²) in [5.41, 5.74) is 6.40.